The second-order valence-electron chi connectivity index (χ2n) is 4.78. The Kier molecular flexibility index (Phi) is 2.43. The molecule has 1 saturated carbocycles. The minimum Gasteiger partial charge on any atom is -0.369 e. The molecule has 17 heavy (non-hydrogen) atoms. The number of hydrogen-bond donors (Lipinski definition) is 2. The Balaban J connectivity index is 1.86. The average molecular weight is 248 g/mol. The fourth-order valence-electron chi connectivity index (χ4n) is 2.11. The third-order valence-corrected chi connectivity index (χ3v) is 4.49. The standard InChI is InChI=1S/C12H16N4S/c1-2-12(4-5-12)7-14-9-8-3-6-17-10(8)16-11(13)15-9/h3,6H,2,4-5,7H2,1H3,(H3,13,14,15,16). The minimum absolute atomic E-state index is 0.351. The summed E-state index contributed by atoms with van der Waals surface area (Å²) in [7, 11) is 0. The highest BCUT2D eigenvalue weighted by molar-refractivity contribution is 7.16. The zero-order valence-electron chi connectivity index (χ0n) is 9.86. The maximum atomic E-state index is 5.72. The van der Waals surface area contributed by atoms with Crippen molar-refractivity contribution in [3.8, 4) is 0 Å². The molecule has 0 radical (unpaired) electrons. The van der Waals surface area contributed by atoms with Crippen molar-refractivity contribution in [2.24, 2.45) is 5.41 Å². The van der Waals surface area contributed by atoms with Crippen LogP contribution in [0.25, 0.3) is 10.2 Å². The number of nitrogens with two attached hydrogens (primary N) is 1. The van der Waals surface area contributed by atoms with E-state index < -0.39 is 0 Å². The van der Waals surface area contributed by atoms with Crippen LogP contribution in [0.4, 0.5) is 11.8 Å². The smallest absolute Gasteiger partial charge is 0.223 e. The molecule has 2 aromatic heterocycles. The number of fused-ring (bicyclic) bond motifs is 1. The lowest BCUT2D eigenvalue weighted by atomic mass is 10.0. The van der Waals surface area contributed by atoms with Gasteiger partial charge in [-0.3, -0.25) is 0 Å². The monoisotopic (exact) mass is 248 g/mol. The summed E-state index contributed by atoms with van der Waals surface area (Å²) >= 11 is 1.60. The van der Waals surface area contributed by atoms with E-state index in [4.69, 9.17) is 5.73 Å². The lowest BCUT2D eigenvalue weighted by Crippen LogP contribution is -2.15. The van der Waals surface area contributed by atoms with Crippen LogP contribution in [0.3, 0.4) is 0 Å². The molecular formula is C12H16N4S. The maximum absolute atomic E-state index is 5.72. The van der Waals surface area contributed by atoms with Gasteiger partial charge in [-0.2, -0.15) is 4.98 Å². The SMILES string of the molecule is CCC1(CNc2nc(N)nc3sccc23)CC1. The van der Waals surface area contributed by atoms with E-state index in [1.807, 2.05) is 11.4 Å². The summed E-state index contributed by atoms with van der Waals surface area (Å²) in [4.78, 5) is 9.48. The van der Waals surface area contributed by atoms with Crippen LogP contribution in [0.15, 0.2) is 11.4 Å². The second-order valence-corrected chi connectivity index (χ2v) is 5.67. The van der Waals surface area contributed by atoms with E-state index in [9.17, 15) is 0 Å². The fraction of sp³-hybridized carbons (Fsp3) is 0.500. The normalized spacial score (nSPS) is 17.2. The third kappa shape index (κ3) is 1.95. The first-order valence-corrected chi connectivity index (χ1v) is 6.85. The lowest BCUT2D eigenvalue weighted by Gasteiger charge is -2.14. The van der Waals surface area contributed by atoms with Crippen molar-refractivity contribution in [2.75, 3.05) is 17.6 Å². The van der Waals surface area contributed by atoms with Gasteiger partial charge < -0.3 is 11.1 Å². The molecule has 1 fully saturated rings. The maximum Gasteiger partial charge on any atom is 0.223 e. The molecule has 0 aliphatic heterocycles. The van der Waals surface area contributed by atoms with Gasteiger partial charge in [0.1, 0.15) is 10.6 Å². The van der Waals surface area contributed by atoms with Crippen molar-refractivity contribution in [3.63, 3.8) is 0 Å². The largest absolute Gasteiger partial charge is 0.369 e. The van der Waals surface area contributed by atoms with Crippen molar-refractivity contribution in [2.45, 2.75) is 26.2 Å². The topological polar surface area (TPSA) is 63.8 Å². The van der Waals surface area contributed by atoms with E-state index >= 15 is 0 Å². The number of nitrogen functional groups attached to an aromatic ring is 1. The van der Waals surface area contributed by atoms with Gasteiger partial charge in [0.15, 0.2) is 0 Å². The molecule has 2 heterocycles. The van der Waals surface area contributed by atoms with Crippen LogP contribution < -0.4 is 11.1 Å². The summed E-state index contributed by atoms with van der Waals surface area (Å²) in [5.74, 6) is 1.23. The molecule has 0 unspecified atom stereocenters. The average Bonchev–Trinajstić information content (AvgIpc) is 2.96. The summed E-state index contributed by atoms with van der Waals surface area (Å²) in [5.41, 5.74) is 6.22. The number of thiophene rings is 1. The molecule has 1 aliphatic rings. The van der Waals surface area contributed by atoms with Gasteiger partial charge in [0.25, 0.3) is 0 Å². The van der Waals surface area contributed by atoms with Crippen LogP contribution in [-0.4, -0.2) is 16.5 Å². The first kappa shape index (κ1) is 10.8. The molecule has 1 aliphatic carbocycles. The molecule has 3 N–H and O–H groups in total. The molecular weight excluding hydrogens is 232 g/mol. The van der Waals surface area contributed by atoms with Crippen molar-refractivity contribution < 1.29 is 0 Å². The molecule has 3 rings (SSSR count). The number of rotatable bonds is 4. The molecule has 0 atom stereocenters. The van der Waals surface area contributed by atoms with E-state index in [-0.39, 0.29) is 0 Å². The highest BCUT2D eigenvalue weighted by Crippen LogP contribution is 2.48. The predicted octanol–water partition coefficient (Wildman–Crippen LogP) is 2.88. The molecule has 0 amide bonds. The number of nitrogens with one attached hydrogen (secondary N) is 1. The summed E-state index contributed by atoms with van der Waals surface area (Å²) in [6.45, 7) is 3.24. The Morgan fingerprint density at radius 3 is 3.00 bits per heavy atom. The zero-order chi connectivity index (χ0) is 11.9. The van der Waals surface area contributed by atoms with Gasteiger partial charge in [0, 0.05) is 6.54 Å². The number of anilines is 2. The van der Waals surface area contributed by atoms with Crippen LogP contribution in [-0.2, 0) is 0 Å². The van der Waals surface area contributed by atoms with Crippen LogP contribution in [0.5, 0.6) is 0 Å². The summed E-state index contributed by atoms with van der Waals surface area (Å²) in [6, 6.07) is 2.05. The molecule has 5 heteroatoms. The van der Waals surface area contributed by atoms with Gasteiger partial charge in [-0.15, -0.1) is 11.3 Å². The Morgan fingerprint density at radius 1 is 1.47 bits per heavy atom. The summed E-state index contributed by atoms with van der Waals surface area (Å²) in [6.07, 6.45) is 3.88. The second kappa shape index (κ2) is 3.84. The molecule has 0 aromatic carbocycles. The van der Waals surface area contributed by atoms with Gasteiger partial charge in [0.05, 0.1) is 5.39 Å². The Morgan fingerprint density at radius 2 is 2.29 bits per heavy atom. The molecule has 0 saturated heterocycles. The summed E-state index contributed by atoms with van der Waals surface area (Å²) in [5, 5.41) is 6.55. The molecule has 0 spiro atoms. The van der Waals surface area contributed by atoms with Crippen LogP contribution in [0.1, 0.15) is 26.2 Å². The first-order valence-electron chi connectivity index (χ1n) is 5.97. The molecule has 90 valence electrons. The Bertz CT molecular complexity index is 544. The highest BCUT2D eigenvalue weighted by Gasteiger charge is 2.40. The van der Waals surface area contributed by atoms with Gasteiger partial charge in [-0.25, -0.2) is 4.98 Å². The highest BCUT2D eigenvalue weighted by atomic mass is 32.1. The minimum atomic E-state index is 0.351. The third-order valence-electron chi connectivity index (χ3n) is 3.68. The van der Waals surface area contributed by atoms with Crippen LogP contribution >= 0.6 is 11.3 Å². The van der Waals surface area contributed by atoms with E-state index in [2.05, 4.69) is 22.2 Å². The zero-order valence-corrected chi connectivity index (χ0v) is 10.7. The number of aromatic nitrogens is 2. The summed E-state index contributed by atoms with van der Waals surface area (Å²) < 4.78 is 0. The number of hydrogen-bond acceptors (Lipinski definition) is 5. The van der Waals surface area contributed by atoms with Crippen molar-refractivity contribution in [1.29, 1.82) is 0 Å². The molecule has 2 aromatic rings. The van der Waals surface area contributed by atoms with Gasteiger partial charge in [-0.1, -0.05) is 6.92 Å². The fourth-order valence-corrected chi connectivity index (χ4v) is 2.88. The quantitative estimate of drug-likeness (QED) is 0.873. The lowest BCUT2D eigenvalue weighted by molar-refractivity contribution is 0.521. The van der Waals surface area contributed by atoms with Crippen molar-refractivity contribution >= 4 is 33.3 Å². The van der Waals surface area contributed by atoms with Gasteiger partial charge in [-0.05, 0) is 36.1 Å². The van der Waals surface area contributed by atoms with E-state index in [0.717, 1.165) is 22.6 Å². The molecule has 4 nitrogen and oxygen atoms in total. The van der Waals surface area contributed by atoms with E-state index in [1.54, 1.807) is 11.3 Å². The van der Waals surface area contributed by atoms with Gasteiger partial charge in [0.2, 0.25) is 5.95 Å². The predicted molar refractivity (Wildman–Crippen MR) is 72.3 cm³/mol. The van der Waals surface area contributed by atoms with E-state index in [0.29, 0.717) is 11.4 Å². The van der Waals surface area contributed by atoms with Crippen LogP contribution in [0.2, 0.25) is 0 Å². The Labute approximate surface area is 104 Å². The molecule has 0 bridgehead atoms. The van der Waals surface area contributed by atoms with Crippen molar-refractivity contribution in [1.82, 2.24) is 9.97 Å². The van der Waals surface area contributed by atoms with Gasteiger partial charge >= 0.3 is 0 Å². The van der Waals surface area contributed by atoms with Crippen molar-refractivity contribution in [3.05, 3.63) is 11.4 Å². The van der Waals surface area contributed by atoms with E-state index in [1.165, 1.54) is 19.3 Å². The first-order chi connectivity index (χ1) is 8.22. The van der Waals surface area contributed by atoms with Crippen LogP contribution in [0, 0.1) is 5.41 Å². The number of nitrogens with zero attached hydrogens (tertiary/aromatic N) is 2. The Hall–Kier alpha value is -1.36.